The third kappa shape index (κ3) is 2.78. The van der Waals surface area contributed by atoms with Crippen molar-refractivity contribution in [3.05, 3.63) is 22.3 Å². The predicted octanol–water partition coefficient (Wildman–Crippen LogP) is 3.09. The van der Waals surface area contributed by atoms with Crippen molar-refractivity contribution in [2.24, 2.45) is 0 Å². The average molecular weight is 343 g/mol. The molecule has 7 heteroatoms. The Balaban J connectivity index is 1.74. The van der Waals surface area contributed by atoms with E-state index in [2.05, 4.69) is 32.7 Å². The Labute approximate surface area is 147 Å². The molecule has 1 aliphatic heterocycles. The van der Waals surface area contributed by atoms with Crippen LogP contribution in [-0.4, -0.2) is 33.3 Å². The first-order chi connectivity index (χ1) is 11.2. The van der Waals surface area contributed by atoms with Gasteiger partial charge in [0, 0.05) is 11.3 Å². The van der Waals surface area contributed by atoms with Gasteiger partial charge in [0.1, 0.15) is 5.82 Å². The maximum Gasteiger partial charge on any atom is 0.514 e. The molecule has 24 heavy (non-hydrogen) atoms. The van der Waals surface area contributed by atoms with Gasteiger partial charge in [-0.25, -0.2) is 15.0 Å². The second-order valence-corrected chi connectivity index (χ2v) is 8.71. The Morgan fingerprint density at radius 2 is 1.71 bits per heavy atom. The highest BCUT2D eigenvalue weighted by molar-refractivity contribution is 7.09. The predicted molar refractivity (Wildman–Crippen MR) is 95.6 cm³/mol. The van der Waals surface area contributed by atoms with E-state index in [1.165, 1.54) is 0 Å². The zero-order valence-electron chi connectivity index (χ0n) is 14.8. The van der Waals surface area contributed by atoms with Crippen molar-refractivity contribution in [3.8, 4) is 11.4 Å². The van der Waals surface area contributed by atoms with Crippen LogP contribution in [0.25, 0.3) is 11.4 Å². The van der Waals surface area contributed by atoms with Gasteiger partial charge in [0.25, 0.3) is 0 Å². The minimum Gasteiger partial charge on any atom is -0.398 e. The first kappa shape index (κ1) is 16.2. The second kappa shape index (κ2) is 5.34. The highest BCUT2D eigenvalue weighted by Gasteiger charge is 2.52. The lowest BCUT2D eigenvalue weighted by Gasteiger charge is -2.32. The molecule has 0 unspecified atom stereocenters. The zero-order valence-corrected chi connectivity index (χ0v) is 15.6. The molecule has 0 bridgehead atoms. The quantitative estimate of drug-likeness (QED) is 0.802. The van der Waals surface area contributed by atoms with E-state index in [4.69, 9.17) is 19.3 Å². The van der Waals surface area contributed by atoms with Gasteiger partial charge in [-0.15, -0.1) is 11.3 Å². The maximum atomic E-state index is 6.17. The Morgan fingerprint density at radius 1 is 1.04 bits per heavy atom. The zero-order chi connectivity index (χ0) is 17.1. The number of nitrogens with zero attached hydrogens (tertiary/aromatic N) is 3. The first-order valence-corrected chi connectivity index (χ1v) is 9.30. The molecular weight excluding hydrogens is 321 g/mol. The monoisotopic (exact) mass is 343 g/mol. The molecule has 0 aromatic carbocycles. The van der Waals surface area contributed by atoms with Gasteiger partial charge in [-0.1, -0.05) is 0 Å². The molecule has 1 saturated heterocycles. The normalized spacial score (nSPS) is 22.1. The lowest BCUT2D eigenvalue weighted by molar-refractivity contribution is 0.00578. The van der Waals surface area contributed by atoms with Crippen LogP contribution in [0, 0.1) is 6.92 Å². The fraction of sp³-hybridized carbons (Fsp3) is 0.588. The van der Waals surface area contributed by atoms with Crippen molar-refractivity contribution in [2.75, 3.05) is 0 Å². The van der Waals surface area contributed by atoms with E-state index in [-0.39, 0.29) is 11.2 Å². The molecule has 2 aliphatic rings. The molecular formula is C17H22BN3O2S. The van der Waals surface area contributed by atoms with E-state index in [1.807, 2.05) is 18.4 Å². The smallest absolute Gasteiger partial charge is 0.398 e. The number of aromatic nitrogens is 3. The van der Waals surface area contributed by atoms with Crippen LogP contribution in [-0.2, 0) is 9.31 Å². The molecule has 0 radical (unpaired) electrons. The summed E-state index contributed by atoms with van der Waals surface area (Å²) in [7, 11) is -0.464. The van der Waals surface area contributed by atoms with Crippen LogP contribution < -0.4 is 5.59 Å². The standard InChI is InChI=1S/C17H22BN3O2S/c1-10-19-13(9-24-10)12-8-14(21-15(20-12)11-6-7-11)18-22-16(2,3)17(4,5)23-18/h8-9,11H,6-7H2,1-5H3. The van der Waals surface area contributed by atoms with Gasteiger partial charge in [-0.2, -0.15) is 0 Å². The highest BCUT2D eigenvalue weighted by atomic mass is 32.1. The number of hydrogen-bond acceptors (Lipinski definition) is 6. The molecule has 1 aliphatic carbocycles. The summed E-state index contributed by atoms with van der Waals surface area (Å²) in [5, 5.41) is 3.08. The fourth-order valence-corrected chi connectivity index (χ4v) is 3.31. The van der Waals surface area contributed by atoms with Crippen molar-refractivity contribution >= 4 is 24.0 Å². The summed E-state index contributed by atoms with van der Waals surface area (Å²) in [6, 6.07) is 1.96. The summed E-state index contributed by atoms with van der Waals surface area (Å²) in [5.41, 5.74) is 1.81. The molecule has 2 fully saturated rings. The van der Waals surface area contributed by atoms with Crippen molar-refractivity contribution in [2.45, 2.75) is 64.6 Å². The Morgan fingerprint density at radius 3 is 2.25 bits per heavy atom. The Hall–Kier alpha value is -1.31. The molecule has 2 aromatic heterocycles. The fourth-order valence-electron chi connectivity index (χ4n) is 2.71. The van der Waals surface area contributed by atoms with Crippen molar-refractivity contribution in [3.63, 3.8) is 0 Å². The Bertz CT molecular complexity index is 770. The van der Waals surface area contributed by atoms with Gasteiger partial charge >= 0.3 is 7.12 Å². The van der Waals surface area contributed by atoms with Crippen molar-refractivity contribution in [1.29, 1.82) is 0 Å². The summed E-state index contributed by atoms with van der Waals surface area (Å²) in [6.07, 6.45) is 2.31. The molecule has 1 saturated carbocycles. The van der Waals surface area contributed by atoms with Gasteiger partial charge in [0.15, 0.2) is 0 Å². The van der Waals surface area contributed by atoms with E-state index >= 15 is 0 Å². The topological polar surface area (TPSA) is 57.1 Å². The van der Waals surface area contributed by atoms with Gasteiger partial charge < -0.3 is 9.31 Å². The number of thiazole rings is 1. The van der Waals surface area contributed by atoms with Crippen LogP contribution in [0.1, 0.15) is 57.3 Å². The molecule has 0 N–H and O–H groups in total. The van der Waals surface area contributed by atoms with Gasteiger partial charge in [-0.3, -0.25) is 0 Å². The first-order valence-electron chi connectivity index (χ1n) is 8.42. The van der Waals surface area contributed by atoms with E-state index in [0.717, 1.165) is 40.7 Å². The van der Waals surface area contributed by atoms with Crippen LogP contribution in [0.2, 0.25) is 0 Å². The van der Waals surface area contributed by atoms with E-state index in [1.54, 1.807) is 11.3 Å². The summed E-state index contributed by atoms with van der Waals surface area (Å²) in [4.78, 5) is 14.1. The van der Waals surface area contributed by atoms with Gasteiger partial charge in [0.05, 0.1) is 33.2 Å². The van der Waals surface area contributed by atoms with E-state index in [9.17, 15) is 0 Å². The highest BCUT2D eigenvalue weighted by Crippen LogP contribution is 2.39. The maximum absolute atomic E-state index is 6.17. The van der Waals surface area contributed by atoms with Crippen LogP contribution in [0.3, 0.4) is 0 Å². The summed E-state index contributed by atoms with van der Waals surface area (Å²) in [5.74, 6) is 1.36. The summed E-state index contributed by atoms with van der Waals surface area (Å²) < 4.78 is 12.3. The third-order valence-corrected chi connectivity index (χ3v) is 5.86. The minimum absolute atomic E-state index is 0.375. The van der Waals surface area contributed by atoms with Crippen molar-refractivity contribution < 1.29 is 9.31 Å². The van der Waals surface area contributed by atoms with Crippen LogP contribution in [0.5, 0.6) is 0 Å². The number of hydrogen-bond donors (Lipinski definition) is 0. The Kier molecular flexibility index (Phi) is 3.60. The average Bonchev–Trinajstić information content (AvgIpc) is 3.22. The molecule has 0 atom stereocenters. The molecule has 2 aromatic rings. The SMILES string of the molecule is Cc1nc(-c2cc(B3OC(C)(C)C(C)(C)O3)nc(C3CC3)n2)cs1. The molecule has 126 valence electrons. The van der Waals surface area contributed by atoms with E-state index in [0.29, 0.717) is 5.92 Å². The van der Waals surface area contributed by atoms with E-state index < -0.39 is 7.12 Å². The molecule has 4 rings (SSSR count). The molecule has 0 spiro atoms. The van der Waals surface area contributed by atoms with Gasteiger partial charge in [-0.05, 0) is 53.5 Å². The van der Waals surface area contributed by atoms with Crippen molar-refractivity contribution in [1.82, 2.24) is 15.0 Å². The van der Waals surface area contributed by atoms with Crippen LogP contribution in [0.15, 0.2) is 11.4 Å². The lowest BCUT2D eigenvalue weighted by atomic mass is 9.84. The summed E-state index contributed by atoms with van der Waals surface area (Å²) >= 11 is 1.63. The summed E-state index contributed by atoms with van der Waals surface area (Å²) in [6.45, 7) is 10.2. The van der Waals surface area contributed by atoms with Gasteiger partial charge in [0.2, 0.25) is 0 Å². The molecule has 3 heterocycles. The molecule has 5 nitrogen and oxygen atoms in total. The molecule has 0 amide bonds. The third-order valence-electron chi connectivity index (χ3n) is 5.08. The van der Waals surface area contributed by atoms with Crippen LogP contribution >= 0.6 is 11.3 Å². The number of aryl methyl sites for hydroxylation is 1. The van der Waals surface area contributed by atoms with Crippen LogP contribution in [0.4, 0.5) is 0 Å². The number of rotatable bonds is 3. The largest absolute Gasteiger partial charge is 0.514 e. The lowest BCUT2D eigenvalue weighted by Crippen LogP contribution is -2.41. The second-order valence-electron chi connectivity index (χ2n) is 7.65. The minimum atomic E-state index is -0.464.